The topological polar surface area (TPSA) is 279 Å². The van der Waals surface area contributed by atoms with Crippen LogP contribution in [-0.2, 0) is 52.8 Å². The molecule has 368 valence electrons. The third-order valence-corrected chi connectivity index (χ3v) is 12.2. The van der Waals surface area contributed by atoms with Crippen LogP contribution in [0.15, 0.2) is 104 Å². The van der Waals surface area contributed by atoms with Crippen LogP contribution in [0, 0.1) is 11.8 Å². The van der Waals surface area contributed by atoms with Gasteiger partial charge in [-0.2, -0.15) is 0 Å². The maximum Gasteiger partial charge on any atom is 0.244 e. The third kappa shape index (κ3) is 14.4. The highest BCUT2D eigenvalue weighted by Gasteiger charge is 2.33. The van der Waals surface area contributed by atoms with Crippen molar-refractivity contribution in [3.05, 3.63) is 121 Å². The summed E-state index contributed by atoms with van der Waals surface area (Å²) in [6.07, 6.45) is 6.35. The number of rotatable bonds is 11. The zero-order valence-electron chi connectivity index (χ0n) is 39.5. The lowest BCUT2D eigenvalue weighted by atomic mass is 10.0. The minimum atomic E-state index is -1.28. The average Bonchev–Trinajstić information content (AvgIpc) is 3.95. The summed E-state index contributed by atoms with van der Waals surface area (Å²) >= 11 is 0. The summed E-state index contributed by atoms with van der Waals surface area (Å²) in [5, 5.41) is 18.2. The number of aromatic nitrogens is 2. The van der Waals surface area contributed by atoms with Gasteiger partial charge in [-0.05, 0) is 68.5 Å². The molecule has 0 aliphatic carbocycles. The Hall–Kier alpha value is -7.75. The number of para-hydroxylation sites is 2. The molecule has 18 nitrogen and oxygen atoms in total. The van der Waals surface area contributed by atoms with Crippen molar-refractivity contribution in [3.8, 4) is 11.8 Å². The van der Waals surface area contributed by atoms with Crippen molar-refractivity contribution in [2.75, 3.05) is 19.6 Å². The molecule has 6 rings (SSSR count). The second-order valence-corrected chi connectivity index (χ2v) is 17.6. The molecule has 5 aromatic rings. The lowest BCUT2D eigenvalue weighted by molar-refractivity contribution is -0.135. The second-order valence-electron chi connectivity index (χ2n) is 17.6. The Kier molecular flexibility index (Phi) is 18.5. The maximum absolute atomic E-state index is 14.6. The maximum atomic E-state index is 14.6. The fourth-order valence-electron chi connectivity index (χ4n) is 8.25. The van der Waals surface area contributed by atoms with E-state index in [9.17, 15) is 33.6 Å². The molecule has 7 atom stereocenters. The zero-order valence-corrected chi connectivity index (χ0v) is 39.5. The molecule has 0 fully saturated rings. The molecule has 7 amide bonds. The number of fused-ring (bicyclic) bond motifs is 2. The van der Waals surface area contributed by atoms with Crippen molar-refractivity contribution in [1.82, 2.24) is 46.8 Å². The Bertz CT molecular complexity index is 2720. The number of amides is 7. The predicted molar refractivity (Wildman–Crippen MR) is 267 cm³/mol. The van der Waals surface area contributed by atoms with E-state index in [0.29, 0.717) is 37.1 Å². The van der Waals surface area contributed by atoms with E-state index in [-0.39, 0.29) is 38.6 Å². The largest absolute Gasteiger partial charge is 0.368 e. The van der Waals surface area contributed by atoms with Gasteiger partial charge in [0.2, 0.25) is 41.4 Å². The van der Waals surface area contributed by atoms with Crippen LogP contribution < -0.4 is 43.4 Å². The molecule has 0 bridgehead atoms. The van der Waals surface area contributed by atoms with Crippen molar-refractivity contribution >= 4 is 63.2 Å². The Morgan fingerprint density at radius 3 is 1.87 bits per heavy atom. The first kappa shape index (κ1) is 51.6. The van der Waals surface area contributed by atoms with Gasteiger partial charge >= 0.3 is 0 Å². The highest BCUT2D eigenvalue weighted by molar-refractivity contribution is 5.98. The van der Waals surface area contributed by atoms with E-state index in [2.05, 4.69) is 60.3 Å². The fraction of sp³-hybridized carbons (Fsp3) is 0.365. The van der Waals surface area contributed by atoms with E-state index in [1.807, 2.05) is 59.5 Å². The summed E-state index contributed by atoms with van der Waals surface area (Å²) in [4.78, 5) is 106. The van der Waals surface area contributed by atoms with Gasteiger partial charge in [-0.25, -0.2) is 0 Å². The molecular formula is C52H63N11O7. The highest BCUT2D eigenvalue weighted by Crippen LogP contribution is 2.21. The van der Waals surface area contributed by atoms with Gasteiger partial charge in [0.1, 0.15) is 36.3 Å². The van der Waals surface area contributed by atoms with Crippen LogP contribution in [0.25, 0.3) is 21.8 Å². The molecule has 18 heteroatoms. The highest BCUT2D eigenvalue weighted by atomic mass is 16.2. The van der Waals surface area contributed by atoms with Crippen molar-refractivity contribution in [3.63, 3.8) is 0 Å². The number of hydrogen-bond donors (Lipinski definition) is 10. The number of nitrogens with zero attached hydrogens (tertiary/aromatic N) is 1. The van der Waals surface area contributed by atoms with Gasteiger partial charge in [-0.3, -0.25) is 38.5 Å². The smallest absolute Gasteiger partial charge is 0.244 e. The molecule has 0 saturated heterocycles. The van der Waals surface area contributed by atoms with E-state index in [1.54, 1.807) is 42.7 Å². The molecule has 3 aromatic carbocycles. The number of nitrogens with one attached hydrogen (secondary N) is 8. The van der Waals surface area contributed by atoms with Gasteiger partial charge in [0, 0.05) is 66.4 Å². The monoisotopic (exact) mass is 953 g/mol. The summed E-state index contributed by atoms with van der Waals surface area (Å²) in [5.41, 5.74) is 15.4. The van der Waals surface area contributed by atoms with Crippen LogP contribution in [0.5, 0.6) is 0 Å². The molecule has 0 radical (unpaired) electrons. The second kappa shape index (κ2) is 25.0. The molecule has 70 heavy (non-hydrogen) atoms. The van der Waals surface area contributed by atoms with Crippen molar-refractivity contribution in [2.24, 2.45) is 11.5 Å². The van der Waals surface area contributed by atoms with E-state index >= 15 is 0 Å². The molecule has 0 unspecified atom stereocenters. The number of primary amides is 1. The SMILES string of the molecule is C=CCN1CC#CC[C@@H](NC(=O)[C@H](C)N)C(=O)N[C@H](Cc2c[nH]c3ccccc23)C(=O)N[C@@H](C)C(=O)N[C@@H](Cc2c[nH]c3ccccc23)C(=O)N[C@H](Cc2ccccc2)C(=O)N[C@H](C(N)=O)CCCC1. The summed E-state index contributed by atoms with van der Waals surface area (Å²) in [5.74, 6) is 1.20. The fourth-order valence-corrected chi connectivity index (χ4v) is 8.25. The predicted octanol–water partition coefficient (Wildman–Crippen LogP) is 1.50. The van der Waals surface area contributed by atoms with Crippen LogP contribution in [0.4, 0.5) is 0 Å². The third-order valence-electron chi connectivity index (χ3n) is 12.2. The summed E-state index contributed by atoms with van der Waals surface area (Å²) in [7, 11) is 0. The van der Waals surface area contributed by atoms with Gasteiger partial charge in [0.25, 0.3) is 0 Å². The molecule has 3 heterocycles. The van der Waals surface area contributed by atoms with Crippen molar-refractivity contribution < 1.29 is 33.6 Å². The molecule has 2 aromatic heterocycles. The summed E-state index contributed by atoms with van der Waals surface area (Å²) in [6.45, 7) is 8.05. The quantitative estimate of drug-likeness (QED) is 0.0678. The number of hydrogen-bond acceptors (Lipinski definition) is 9. The molecular weight excluding hydrogens is 891 g/mol. The first-order chi connectivity index (χ1) is 33.7. The van der Waals surface area contributed by atoms with E-state index in [0.717, 1.165) is 27.4 Å². The molecule has 0 saturated carbocycles. The van der Waals surface area contributed by atoms with Crippen LogP contribution >= 0.6 is 0 Å². The Morgan fingerprint density at radius 1 is 0.729 bits per heavy atom. The minimum absolute atomic E-state index is 0.0147. The van der Waals surface area contributed by atoms with Gasteiger partial charge < -0.3 is 53.3 Å². The molecule has 12 N–H and O–H groups in total. The molecule has 1 aliphatic heterocycles. The number of H-pyrrole nitrogens is 2. The van der Waals surface area contributed by atoms with Gasteiger partial charge in [-0.15, -0.1) is 6.58 Å². The van der Waals surface area contributed by atoms with Crippen molar-refractivity contribution in [1.29, 1.82) is 0 Å². The standard InChI is InChI=1S/C52H63N11O7/c1-4-24-63-25-14-12-22-41(46(54)64)58-51(69)43(27-34-16-6-5-7-17-34)61-52(70)45(29-36-31-56-40-21-11-9-19-38(36)40)60-48(66)33(3)57-50(68)44(28-35-30-55-39-20-10-8-18-37(35)39)62-49(67)42(23-13-15-26-63)59-47(65)32(2)53/h4-11,16-21,30-33,41-45,55-56H,1,12,14,22-29,53H2,2-3H3,(H2,54,64)(H,57,68)(H,58,69)(H,59,65)(H,60,66)(H,61,70)(H,62,67)/t32-,33-,41-,42+,43+,44+,45-/m0/s1. The van der Waals surface area contributed by atoms with E-state index in [4.69, 9.17) is 11.5 Å². The number of aromatic amines is 2. The van der Waals surface area contributed by atoms with E-state index in [1.165, 1.54) is 13.8 Å². The lowest BCUT2D eigenvalue weighted by Crippen LogP contribution is -2.60. The van der Waals surface area contributed by atoms with Crippen LogP contribution in [0.1, 0.15) is 56.2 Å². The molecule has 0 spiro atoms. The van der Waals surface area contributed by atoms with E-state index < -0.39 is 83.6 Å². The number of benzene rings is 3. The summed E-state index contributed by atoms with van der Waals surface area (Å²) in [6, 6.07) is 15.7. The van der Waals surface area contributed by atoms with Crippen LogP contribution in [-0.4, -0.2) is 118 Å². The Labute approximate surface area is 406 Å². The first-order valence-electron chi connectivity index (χ1n) is 23.5. The minimum Gasteiger partial charge on any atom is -0.368 e. The van der Waals surface area contributed by atoms with Gasteiger partial charge in [0.15, 0.2) is 0 Å². The summed E-state index contributed by atoms with van der Waals surface area (Å²) < 4.78 is 0. The van der Waals surface area contributed by atoms with Crippen LogP contribution in [0.2, 0.25) is 0 Å². The van der Waals surface area contributed by atoms with Crippen molar-refractivity contribution in [2.45, 2.75) is 101 Å². The number of carbonyl (C=O) groups excluding carboxylic acids is 7. The average molecular weight is 954 g/mol. The normalized spacial score (nSPS) is 22.4. The van der Waals surface area contributed by atoms with Gasteiger partial charge in [-0.1, -0.05) is 84.6 Å². The van der Waals surface area contributed by atoms with Crippen LogP contribution in [0.3, 0.4) is 0 Å². The number of nitrogens with two attached hydrogens (primary N) is 2. The first-order valence-corrected chi connectivity index (χ1v) is 23.5. The Balaban J connectivity index is 1.35. The Morgan fingerprint density at radius 2 is 1.27 bits per heavy atom. The van der Waals surface area contributed by atoms with Gasteiger partial charge in [0.05, 0.1) is 12.6 Å². The number of carbonyl (C=O) groups is 7. The molecule has 1 aliphatic rings. The zero-order chi connectivity index (χ0) is 50.2. The lowest BCUT2D eigenvalue weighted by Gasteiger charge is -2.27.